The van der Waals surface area contributed by atoms with Crippen molar-refractivity contribution in [1.29, 1.82) is 0 Å². The van der Waals surface area contributed by atoms with Crippen molar-refractivity contribution in [3.05, 3.63) is 100 Å². The zero-order valence-electron chi connectivity index (χ0n) is 15.2. The Balaban J connectivity index is 1.62. The van der Waals surface area contributed by atoms with Crippen LogP contribution in [-0.4, -0.2) is 10.1 Å². The smallest absolute Gasteiger partial charge is 0.0944 e. The SMILES string of the molecule is Cc1nc(-c2ccc(-c3ccccc3)cc2)c(C(O)Cc2ccccc2)s1. The van der Waals surface area contributed by atoms with E-state index in [-0.39, 0.29) is 0 Å². The van der Waals surface area contributed by atoms with E-state index in [0.29, 0.717) is 6.42 Å². The maximum absolute atomic E-state index is 10.8. The van der Waals surface area contributed by atoms with E-state index < -0.39 is 6.10 Å². The number of hydrogen-bond acceptors (Lipinski definition) is 3. The van der Waals surface area contributed by atoms with Gasteiger partial charge in [0.1, 0.15) is 0 Å². The van der Waals surface area contributed by atoms with Crippen LogP contribution in [0.2, 0.25) is 0 Å². The van der Waals surface area contributed by atoms with Gasteiger partial charge >= 0.3 is 0 Å². The van der Waals surface area contributed by atoms with Crippen molar-refractivity contribution in [1.82, 2.24) is 4.98 Å². The van der Waals surface area contributed by atoms with Gasteiger partial charge in [-0.1, -0.05) is 84.9 Å². The third-order valence-corrected chi connectivity index (χ3v) is 5.67. The number of hydrogen-bond donors (Lipinski definition) is 1. The van der Waals surface area contributed by atoms with Gasteiger partial charge in [-0.2, -0.15) is 0 Å². The van der Waals surface area contributed by atoms with Crippen LogP contribution in [-0.2, 0) is 6.42 Å². The molecule has 0 saturated heterocycles. The van der Waals surface area contributed by atoms with Crippen molar-refractivity contribution in [2.45, 2.75) is 19.4 Å². The first-order valence-electron chi connectivity index (χ1n) is 9.06. The van der Waals surface area contributed by atoms with Crippen LogP contribution >= 0.6 is 11.3 Å². The normalized spacial score (nSPS) is 12.1. The number of rotatable bonds is 5. The Morgan fingerprint density at radius 1 is 0.778 bits per heavy atom. The molecule has 4 rings (SSSR count). The molecule has 2 nitrogen and oxygen atoms in total. The lowest BCUT2D eigenvalue weighted by atomic mass is 10.0. The number of nitrogens with zero attached hydrogens (tertiary/aromatic N) is 1. The van der Waals surface area contributed by atoms with Gasteiger partial charge < -0.3 is 5.11 Å². The summed E-state index contributed by atoms with van der Waals surface area (Å²) in [6, 6.07) is 28.8. The third kappa shape index (κ3) is 4.00. The van der Waals surface area contributed by atoms with Crippen LogP contribution in [0, 0.1) is 6.92 Å². The number of aliphatic hydroxyl groups excluding tert-OH is 1. The Bertz CT molecular complexity index is 1010. The van der Waals surface area contributed by atoms with Gasteiger partial charge in [-0.3, -0.25) is 0 Å². The minimum absolute atomic E-state index is 0.553. The van der Waals surface area contributed by atoms with Crippen molar-refractivity contribution >= 4 is 11.3 Å². The lowest BCUT2D eigenvalue weighted by Gasteiger charge is -2.11. The molecule has 1 N–H and O–H groups in total. The molecule has 1 heterocycles. The molecule has 1 atom stereocenters. The van der Waals surface area contributed by atoms with Gasteiger partial charge in [-0.05, 0) is 23.6 Å². The van der Waals surface area contributed by atoms with Crippen LogP contribution in [0.3, 0.4) is 0 Å². The molecule has 1 aromatic heterocycles. The fourth-order valence-electron chi connectivity index (χ4n) is 3.26. The summed E-state index contributed by atoms with van der Waals surface area (Å²) in [6.07, 6.45) is 0.0415. The quantitative estimate of drug-likeness (QED) is 0.462. The topological polar surface area (TPSA) is 33.1 Å². The van der Waals surface area contributed by atoms with Gasteiger partial charge in [0.2, 0.25) is 0 Å². The lowest BCUT2D eigenvalue weighted by molar-refractivity contribution is 0.182. The van der Waals surface area contributed by atoms with E-state index in [1.165, 1.54) is 11.1 Å². The maximum atomic E-state index is 10.8. The maximum Gasteiger partial charge on any atom is 0.0944 e. The van der Waals surface area contributed by atoms with E-state index >= 15 is 0 Å². The Hall–Kier alpha value is -2.75. The lowest BCUT2D eigenvalue weighted by Crippen LogP contribution is -2.01. The molecule has 0 spiro atoms. The average Bonchev–Trinajstić information content (AvgIpc) is 3.11. The molecule has 0 radical (unpaired) electrons. The van der Waals surface area contributed by atoms with E-state index in [9.17, 15) is 5.11 Å². The highest BCUT2D eigenvalue weighted by molar-refractivity contribution is 7.12. The first kappa shape index (κ1) is 17.7. The van der Waals surface area contributed by atoms with E-state index in [1.54, 1.807) is 11.3 Å². The molecule has 0 amide bonds. The fraction of sp³-hybridized carbons (Fsp3) is 0.125. The van der Waals surface area contributed by atoms with Gasteiger partial charge in [0.05, 0.1) is 21.7 Å². The van der Waals surface area contributed by atoms with Crippen LogP contribution < -0.4 is 0 Å². The summed E-state index contributed by atoms with van der Waals surface area (Å²) in [5.74, 6) is 0. The molecule has 4 aromatic rings. The molecule has 0 aliphatic rings. The standard InChI is InChI=1S/C24H21NOS/c1-17-25-23(24(27-17)22(26)16-18-8-4-2-5-9-18)21-14-12-20(13-15-21)19-10-6-3-7-11-19/h2-15,22,26H,16H2,1H3. The first-order valence-corrected chi connectivity index (χ1v) is 9.87. The summed E-state index contributed by atoms with van der Waals surface area (Å²) < 4.78 is 0. The molecule has 0 saturated carbocycles. The summed E-state index contributed by atoms with van der Waals surface area (Å²) in [6.45, 7) is 1.99. The molecule has 3 aromatic carbocycles. The second-order valence-electron chi connectivity index (χ2n) is 6.59. The minimum Gasteiger partial charge on any atom is -0.387 e. The zero-order valence-corrected chi connectivity index (χ0v) is 16.0. The summed E-state index contributed by atoms with van der Waals surface area (Å²) in [4.78, 5) is 5.64. The van der Waals surface area contributed by atoms with Crippen LogP contribution in [0.4, 0.5) is 0 Å². The minimum atomic E-state index is -0.553. The molecule has 1 unspecified atom stereocenters. The molecular formula is C24H21NOS. The second-order valence-corrected chi connectivity index (χ2v) is 7.83. The number of thiazole rings is 1. The highest BCUT2D eigenvalue weighted by Crippen LogP contribution is 2.35. The summed E-state index contributed by atoms with van der Waals surface area (Å²) in [5, 5.41) is 11.8. The fourth-order valence-corrected chi connectivity index (χ4v) is 4.19. The molecule has 0 aliphatic carbocycles. The number of aliphatic hydroxyl groups is 1. The molecular weight excluding hydrogens is 350 g/mol. The first-order chi connectivity index (χ1) is 13.2. The number of aryl methyl sites for hydroxylation is 1. The van der Waals surface area contributed by atoms with Gasteiger partial charge in [-0.25, -0.2) is 4.98 Å². The van der Waals surface area contributed by atoms with Crippen molar-refractivity contribution in [3.8, 4) is 22.4 Å². The summed E-state index contributed by atoms with van der Waals surface area (Å²) in [5.41, 5.74) is 5.43. The Morgan fingerprint density at radius 2 is 1.33 bits per heavy atom. The van der Waals surface area contributed by atoms with Crippen LogP contribution in [0.1, 0.15) is 21.6 Å². The number of benzene rings is 3. The molecule has 0 bridgehead atoms. The zero-order chi connectivity index (χ0) is 18.6. The monoisotopic (exact) mass is 371 g/mol. The molecule has 3 heteroatoms. The van der Waals surface area contributed by atoms with E-state index in [0.717, 1.165) is 26.7 Å². The van der Waals surface area contributed by atoms with Gasteiger partial charge in [-0.15, -0.1) is 11.3 Å². The van der Waals surface area contributed by atoms with E-state index in [1.807, 2.05) is 55.5 Å². The van der Waals surface area contributed by atoms with E-state index in [4.69, 9.17) is 4.98 Å². The highest BCUT2D eigenvalue weighted by Gasteiger charge is 2.19. The predicted octanol–water partition coefficient (Wildman–Crippen LogP) is 6.06. The molecule has 0 aliphatic heterocycles. The molecule has 0 fully saturated rings. The molecule has 134 valence electrons. The van der Waals surface area contributed by atoms with Crippen LogP contribution in [0.15, 0.2) is 84.9 Å². The summed E-state index contributed by atoms with van der Waals surface area (Å²) >= 11 is 1.58. The van der Waals surface area contributed by atoms with Crippen molar-refractivity contribution in [3.63, 3.8) is 0 Å². The van der Waals surface area contributed by atoms with Crippen LogP contribution in [0.25, 0.3) is 22.4 Å². The van der Waals surface area contributed by atoms with Gasteiger partial charge in [0.25, 0.3) is 0 Å². The van der Waals surface area contributed by atoms with Crippen molar-refractivity contribution < 1.29 is 5.11 Å². The van der Waals surface area contributed by atoms with Crippen LogP contribution in [0.5, 0.6) is 0 Å². The second kappa shape index (κ2) is 7.87. The van der Waals surface area contributed by atoms with E-state index in [2.05, 4.69) is 36.4 Å². The molecule has 27 heavy (non-hydrogen) atoms. The number of aromatic nitrogens is 1. The van der Waals surface area contributed by atoms with Crippen molar-refractivity contribution in [2.75, 3.05) is 0 Å². The third-order valence-electron chi connectivity index (χ3n) is 4.60. The van der Waals surface area contributed by atoms with Gasteiger partial charge in [0.15, 0.2) is 0 Å². The Morgan fingerprint density at radius 3 is 2.00 bits per heavy atom. The largest absolute Gasteiger partial charge is 0.387 e. The Kier molecular flexibility index (Phi) is 5.14. The van der Waals surface area contributed by atoms with Gasteiger partial charge in [0, 0.05) is 12.0 Å². The predicted molar refractivity (Wildman–Crippen MR) is 113 cm³/mol. The summed E-state index contributed by atoms with van der Waals surface area (Å²) in [7, 11) is 0. The highest BCUT2D eigenvalue weighted by atomic mass is 32.1. The average molecular weight is 372 g/mol. The van der Waals surface area contributed by atoms with Crippen molar-refractivity contribution in [2.24, 2.45) is 0 Å². The Labute approximate surface area is 163 Å².